The van der Waals surface area contributed by atoms with Crippen LogP contribution in [0.15, 0.2) is 57.8 Å². The minimum atomic E-state index is -3.84. The maximum Gasteiger partial charge on any atom is 0.230 e. The molecule has 0 radical (unpaired) electrons. The second-order valence-electron chi connectivity index (χ2n) is 5.86. The molecule has 0 aliphatic carbocycles. The minimum absolute atomic E-state index is 0.0416. The van der Waals surface area contributed by atoms with E-state index in [0.29, 0.717) is 17.1 Å². The van der Waals surface area contributed by atoms with Crippen LogP contribution in [-0.4, -0.2) is 33.5 Å². The second kappa shape index (κ2) is 8.58. The number of rotatable bonds is 7. The topological polar surface area (TPSA) is 94.6 Å². The molecule has 7 nitrogen and oxygen atoms in total. The Hall–Kier alpha value is -2.98. The number of thiazole rings is 1. The minimum Gasteiger partial charge on any atom is -0.493 e. The Bertz CT molecular complexity index is 1130. The first kappa shape index (κ1) is 20.7. The lowest BCUT2D eigenvalue weighted by molar-refractivity contribution is -0.115. The SMILES string of the molecule is COc1ccc(CC(=O)Nc2ncc(S(=O)(=O)c3ccc(F)cc3)s2)cc1OC. The molecular formula is C19H17FN2O5S2. The van der Waals surface area contributed by atoms with Gasteiger partial charge in [-0.25, -0.2) is 17.8 Å². The molecule has 0 saturated carbocycles. The van der Waals surface area contributed by atoms with Crippen LogP contribution in [0.1, 0.15) is 5.56 Å². The number of ether oxygens (including phenoxy) is 2. The molecule has 1 amide bonds. The second-order valence-corrected chi connectivity index (χ2v) is 9.06. The van der Waals surface area contributed by atoms with Crippen molar-refractivity contribution >= 4 is 32.2 Å². The predicted octanol–water partition coefficient (Wildman–Crippen LogP) is 3.31. The number of aromatic nitrogens is 1. The highest BCUT2D eigenvalue weighted by molar-refractivity contribution is 7.93. The smallest absolute Gasteiger partial charge is 0.230 e. The lowest BCUT2D eigenvalue weighted by Gasteiger charge is -2.09. The van der Waals surface area contributed by atoms with E-state index in [9.17, 15) is 17.6 Å². The fraction of sp³-hybridized carbons (Fsp3) is 0.158. The third-order valence-electron chi connectivity index (χ3n) is 3.93. The summed E-state index contributed by atoms with van der Waals surface area (Å²) in [5.41, 5.74) is 0.691. The molecule has 0 spiro atoms. The summed E-state index contributed by atoms with van der Waals surface area (Å²) in [6.45, 7) is 0. The van der Waals surface area contributed by atoms with Crippen LogP contribution in [-0.2, 0) is 21.1 Å². The normalized spacial score (nSPS) is 11.1. The molecule has 0 atom stereocenters. The van der Waals surface area contributed by atoms with Gasteiger partial charge in [0.1, 0.15) is 10.0 Å². The average Bonchev–Trinajstić information content (AvgIpc) is 3.17. The van der Waals surface area contributed by atoms with Crippen molar-refractivity contribution in [2.45, 2.75) is 15.5 Å². The molecule has 0 bridgehead atoms. The Morgan fingerprint density at radius 2 is 1.79 bits per heavy atom. The van der Waals surface area contributed by atoms with Gasteiger partial charge in [-0.3, -0.25) is 4.79 Å². The van der Waals surface area contributed by atoms with Gasteiger partial charge in [0.2, 0.25) is 15.7 Å². The third-order valence-corrected chi connectivity index (χ3v) is 7.08. The Morgan fingerprint density at radius 1 is 1.10 bits per heavy atom. The summed E-state index contributed by atoms with van der Waals surface area (Å²) in [6.07, 6.45) is 1.20. The number of nitrogens with one attached hydrogen (secondary N) is 1. The average molecular weight is 436 g/mol. The molecule has 3 rings (SSSR count). The zero-order chi connectivity index (χ0) is 21.0. The molecule has 0 unspecified atom stereocenters. The van der Waals surface area contributed by atoms with Gasteiger partial charge in [0.15, 0.2) is 16.6 Å². The fourth-order valence-electron chi connectivity index (χ4n) is 2.51. The highest BCUT2D eigenvalue weighted by atomic mass is 32.2. The molecule has 10 heteroatoms. The number of hydrogen-bond acceptors (Lipinski definition) is 7. The monoisotopic (exact) mass is 436 g/mol. The lowest BCUT2D eigenvalue weighted by atomic mass is 10.1. The number of hydrogen-bond donors (Lipinski definition) is 1. The Balaban J connectivity index is 1.71. The molecular weight excluding hydrogens is 419 g/mol. The van der Waals surface area contributed by atoms with Crippen molar-refractivity contribution in [3.8, 4) is 11.5 Å². The van der Waals surface area contributed by atoms with Crippen molar-refractivity contribution in [2.24, 2.45) is 0 Å². The van der Waals surface area contributed by atoms with E-state index in [2.05, 4.69) is 10.3 Å². The van der Waals surface area contributed by atoms with Crippen LogP contribution in [0.25, 0.3) is 0 Å². The lowest BCUT2D eigenvalue weighted by Crippen LogP contribution is -2.14. The number of benzene rings is 2. The van der Waals surface area contributed by atoms with E-state index in [1.807, 2.05) is 0 Å². The van der Waals surface area contributed by atoms with Crippen molar-refractivity contribution < 1.29 is 27.1 Å². The van der Waals surface area contributed by atoms with Crippen molar-refractivity contribution in [3.05, 3.63) is 60.0 Å². The summed E-state index contributed by atoms with van der Waals surface area (Å²) in [5, 5.41) is 2.73. The molecule has 29 heavy (non-hydrogen) atoms. The van der Waals surface area contributed by atoms with Crippen LogP contribution in [0.5, 0.6) is 11.5 Å². The standard InChI is InChI=1S/C19H17FN2O5S2/c1-26-15-8-3-12(9-16(15)27-2)10-17(23)22-19-21-11-18(28-19)29(24,25)14-6-4-13(20)5-7-14/h3-9,11H,10H2,1-2H3,(H,21,22,23). The van der Waals surface area contributed by atoms with Crippen molar-refractivity contribution in [3.63, 3.8) is 0 Å². The van der Waals surface area contributed by atoms with Crippen LogP contribution in [0.4, 0.5) is 9.52 Å². The fourth-order valence-corrected chi connectivity index (χ4v) is 4.96. The Kier molecular flexibility index (Phi) is 6.14. The van der Waals surface area contributed by atoms with Gasteiger partial charge in [0.25, 0.3) is 0 Å². The van der Waals surface area contributed by atoms with Crippen LogP contribution >= 0.6 is 11.3 Å². The van der Waals surface area contributed by atoms with Gasteiger partial charge in [0.05, 0.1) is 31.7 Å². The maximum absolute atomic E-state index is 13.0. The molecule has 0 saturated heterocycles. The highest BCUT2D eigenvalue weighted by Gasteiger charge is 2.21. The van der Waals surface area contributed by atoms with E-state index in [-0.39, 0.29) is 26.6 Å². The van der Waals surface area contributed by atoms with Crippen LogP contribution in [0.3, 0.4) is 0 Å². The number of sulfone groups is 1. The quantitative estimate of drug-likeness (QED) is 0.571. The predicted molar refractivity (Wildman–Crippen MR) is 106 cm³/mol. The third kappa shape index (κ3) is 4.72. The number of halogens is 1. The van der Waals surface area contributed by atoms with Gasteiger partial charge in [-0.2, -0.15) is 0 Å². The summed E-state index contributed by atoms with van der Waals surface area (Å²) in [4.78, 5) is 16.2. The number of nitrogens with zero attached hydrogens (tertiary/aromatic N) is 1. The molecule has 1 N–H and O–H groups in total. The summed E-state index contributed by atoms with van der Waals surface area (Å²) in [5.74, 6) is 0.153. The first-order chi connectivity index (χ1) is 13.8. The van der Waals surface area contributed by atoms with E-state index >= 15 is 0 Å². The number of carbonyl (C=O) groups excluding carboxylic acids is 1. The number of amides is 1. The van der Waals surface area contributed by atoms with Gasteiger partial charge < -0.3 is 14.8 Å². The molecule has 0 aliphatic heterocycles. The van der Waals surface area contributed by atoms with Gasteiger partial charge in [-0.1, -0.05) is 17.4 Å². The number of anilines is 1. The largest absolute Gasteiger partial charge is 0.493 e. The van der Waals surface area contributed by atoms with Crippen LogP contribution in [0, 0.1) is 5.82 Å². The zero-order valence-electron chi connectivity index (χ0n) is 15.5. The van der Waals surface area contributed by atoms with Gasteiger partial charge in [0, 0.05) is 0 Å². The van der Waals surface area contributed by atoms with Crippen LogP contribution < -0.4 is 14.8 Å². The van der Waals surface area contributed by atoms with E-state index in [4.69, 9.17) is 9.47 Å². The van der Waals surface area contributed by atoms with Crippen molar-refractivity contribution in [1.82, 2.24) is 4.98 Å². The zero-order valence-corrected chi connectivity index (χ0v) is 17.1. The Morgan fingerprint density at radius 3 is 2.45 bits per heavy atom. The molecule has 1 aromatic heterocycles. The summed E-state index contributed by atoms with van der Waals surface area (Å²) in [6, 6.07) is 9.61. The summed E-state index contributed by atoms with van der Waals surface area (Å²) < 4.78 is 48.5. The van der Waals surface area contributed by atoms with Crippen molar-refractivity contribution in [2.75, 3.05) is 19.5 Å². The molecule has 1 heterocycles. The van der Waals surface area contributed by atoms with E-state index < -0.39 is 15.7 Å². The van der Waals surface area contributed by atoms with Crippen molar-refractivity contribution in [1.29, 1.82) is 0 Å². The van der Waals surface area contributed by atoms with Crippen LogP contribution in [0.2, 0.25) is 0 Å². The molecule has 3 aromatic rings. The van der Waals surface area contributed by atoms with Gasteiger partial charge in [-0.05, 0) is 42.0 Å². The molecule has 152 valence electrons. The molecule has 2 aromatic carbocycles. The van der Waals surface area contributed by atoms with Gasteiger partial charge in [-0.15, -0.1) is 0 Å². The maximum atomic E-state index is 13.0. The Labute approximate surface area is 171 Å². The first-order valence-electron chi connectivity index (χ1n) is 8.30. The number of carbonyl (C=O) groups is 1. The van der Waals surface area contributed by atoms with E-state index in [1.54, 1.807) is 18.2 Å². The van der Waals surface area contributed by atoms with Gasteiger partial charge >= 0.3 is 0 Å². The first-order valence-corrected chi connectivity index (χ1v) is 10.6. The number of methoxy groups -OCH3 is 2. The van der Waals surface area contributed by atoms with E-state index in [1.165, 1.54) is 26.4 Å². The summed E-state index contributed by atoms with van der Waals surface area (Å²) >= 11 is 0.822. The molecule has 0 fully saturated rings. The summed E-state index contributed by atoms with van der Waals surface area (Å²) in [7, 11) is -0.820. The molecule has 0 aliphatic rings. The highest BCUT2D eigenvalue weighted by Crippen LogP contribution is 2.30. The van der Waals surface area contributed by atoms with E-state index in [0.717, 1.165) is 29.7 Å².